The number of halogens is 7. The van der Waals surface area contributed by atoms with Crippen molar-refractivity contribution in [2.45, 2.75) is 58.0 Å². The molecule has 11 nitrogen and oxygen atoms in total. The number of nitrogens with one attached hydrogen (secondary N) is 2. The third kappa shape index (κ3) is 7.25. The van der Waals surface area contributed by atoms with E-state index in [0.29, 0.717) is 27.5 Å². The highest BCUT2D eigenvalue weighted by atomic mass is 35.5. The van der Waals surface area contributed by atoms with Gasteiger partial charge in [-0.05, 0) is 56.0 Å². The summed E-state index contributed by atoms with van der Waals surface area (Å²) in [5.41, 5.74) is 6.03. The van der Waals surface area contributed by atoms with E-state index >= 15 is 8.78 Å². The molecule has 0 radical (unpaired) electrons. The van der Waals surface area contributed by atoms with Gasteiger partial charge in [0.25, 0.3) is 12.3 Å². The molecule has 3 heterocycles. The number of pyridine rings is 1. The molecule has 0 saturated heterocycles. The fourth-order valence-corrected chi connectivity index (χ4v) is 7.61. The predicted molar refractivity (Wildman–Crippen MR) is 186 cm³/mol. The SMILES string of the molecule is CCC1Cc2c(C(F)F)nn(CC(=O)NC(Cc3cc(F)cc(F)c3)c3nc(C)c(N)cc3-c3ccc(Cl)c4c(NS(C)(=O)=O)nn(C)c34)c2C1(F)F. The van der Waals surface area contributed by atoms with Crippen LogP contribution >= 0.6 is 11.6 Å². The summed E-state index contributed by atoms with van der Waals surface area (Å²) in [4.78, 5) is 18.5. The van der Waals surface area contributed by atoms with Crippen molar-refractivity contribution in [1.29, 1.82) is 0 Å². The lowest BCUT2D eigenvalue weighted by molar-refractivity contribution is -0.123. The number of anilines is 2. The van der Waals surface area contributed by atoms with E-state index in [2.05, 4.69) is 25.2 Å². The Balaban J connectivity index is 1.49. The quantitative estimate of drug-likeness (QED) is 0.126. The molecule has 6 rings (SSSR count). The van der Waals surface area contributed by atoms with Crippen LogP contribution in [0.2, 0.25) is 5.02 Å². The lowest BCUT2D eigenvalue weighted by Crippen LogP contribution is -2.35. The van der Waals surface area contributed by atoms with Gasteiger partial charge in [0.2, 0.25) is 15.9 Å². The number of nitrogen functional groups attached to an aromatic ring is 1. The van der Waals surface area contributed by atoms with E-state index in [1.54, 1.807) is 13.0 Å². The minimum atomic E-state index is -3.80. The third-order valence-corrected chi connectivity index (χ3v) is 10.1. The van der Waals surface area contributed by atoms with Crippen LogP contribution in [0.5, 0.6) is 0 Å². The van der Waals surface area contributed by atoms with Crippen molar-refractivity contribution >= 4 is 49.9 Å². The number of nitrogens with two attached hydrogens (primary N) is 1. The summed E-state index contributed by atoms with van der Waals surface area (Å²) >= 11 is 6.54. The van der Waals surface area contributed by atoms with Crippen LogP contribution in [-0.4, -0.2) is 45.1 Å². The number of carbonyl (C=O) groups is 1. The van der Waals surface area contributed by atoms with Crippen LogP contribution in [-0.2, 0) is 47.2 Å². The zero-order chi connectivity index (χ0) is 38.7. The first kappa shape index (κ1) is 37.9. The maximum atomic E-state index is 15.5. The summed E-state index contributed by atoms with van der Waals surface area (Å²) < 4.78 is 116. The van der Waals surface area contributed by atoms with Gasteiger partial charge >= 0.3 is 0 Å². The number of aromatic nitrogens is 5. The van der Waals surface area contributed by atoms with Gasteiger partial charge in [0, 0.05) is 35.7 Å². The van der Waals surface area contributed by atoms with E-state index < -0.39 is 69.8 Å². The van der Waals surface area contributed by atoms with E-state index in [9.17, 15) is 30.8 Å². The van der Waals surface area contributed by atoms with Gasteiger partial charge < -0.3 is 11.1 Å². The molecule has 2 aromatic carbocycles. The van der Waals surface area contributed by atoms with Crippen LogP contribution in [0.4, 0.5) is 37.8 Å². The molecule has 0 aliphatic heterocycles. The lowest BCUT2D eigenvalue weighted by Gasteiger charge is -2.24. The lowest BCUT2D eigenvalue weighted by atomic mass is 9.93. The molecule has 282 valence electrons. The van der Waals surface area contributed by atoms with Crippen LogP contribution in [0.1, 0.15) is 59.7 Å². The number of amides is 1. The fourth-order valence-electron chi connectivity index (χ4n) is 6.87. The molecule has 1 aliphatic rings. The zero-order valence-electron chi connectivity index (χ0n) is 28.6. The predicted octanol–water partition coefficient (Wildman–Crippen LogP) is 6.74. The second-order valence-electron chi connectivity index (χ2n) is 13.0. The van der Waals surface area contributed by atoms with Crippen LogP contribution in [0.15, 0.2) is 36.4 Å². The molecule has 2 atom stereocenters. The molecular weight excluding hydrogens is 750 g/mol. The Kier molecular flexibility index (Phi) is 9.91. The van der Waals surface area contributed by atoms with Crippen molar-refractivity contribution in [3.8, 4) is 11.1 Å². The summed E-state index contributed by atoms with van der Waals surface area (Å²) in [6, 6.07) is 6.08. The molecule has 0 bridgehead atoms. The third-order valence-electron chi connectivity index (χ3n) is 9.17. The number of aryl methyl sites for hydroxylation is 2. The van der Waals surface area contributed by atoms with Crippen molar-refractivity contribution in [1.82, 2.24) is 29.9 Å². The van der Waals surface area contributed by atoms with Crippen molar-refractivity contribution in [2.75, 3.05) is 16.7 Å². The molecule has 1 aliphatic carbocycles. The van der Waals surface area contributed by atoms with Gasteiger partial charge in [0.15, 0.2) is 5.82 Å². The number of rotatable bonds is 11. The van der Waals surface area contributed by atoms with Crippen molar-refractivity contribution in [2.24, 2.45) is 13.0 Å². The minimum Gasteiger partial charge on any atom is -0.397 e. The van der Waals surface area contributed by atoms with E-state index in [1.807, 2.05) is 0 Å². The van der Waals surface area contributed by atoms with Gasteiger partial charge in [-0.25, -0.2) is 26.0 Å². The molecule has 4 N–H and O–H groups in total. The standard InChI is InChI=1S/C34H33ClF6N8O3S/c1-5-17-11-22-29(32(38)39)45-49(31(22)34(17,40)41)14-26(50)44-25(10-16-8-18(36)12-19(37)9-16)28-21(13-24(42)15(2)43-28)20-6-7-23(35)27-30(20)48(3)46-33(27)47-53(4,51)52/h6-9,12-13,17,25,32H,5,10-11,14,42H2,1-4H3,(H,44,50)(H,46,47). The average molecular weight is 783 g/mol. The summed E-state index contributed by atoms with van der Waals surface area (Å²) in [5.74, 6) is -7.66. The normalized spacial score (nSPS) is 16.0. The number of carbonyl (C=O) groups excluding carboxylic acids is 1. The first-order valence-corrected chi connectivity index (χ1v) is 18.5. The molecule has 3 aromatic heterocycles. The van der Waals surface area contributed by atoms with E-state index in [1.165, 1.54) is 30.8 Å². The Hall–Kier alpha value is -4.84. The maximum Gasteiger partial charge on any atom is 0.292 e. The molecule has 53 heavy (non-hydrogen) atoms. The summed E-state index contributed by atoms with van der Waals surface area (Å²) in [5, 5.41) is 11.1. The van der Waals surface area contributed by atoms with Gasteiger partial charge in [0.05, 0.1) is 45.3 Å². The topological polar surface area (TPSA) is 150 Å². The molecule has 1 amide bonds. The van der Waals surface area contributed by atoms with E-state index in [0.717, 1.165) is 18.4 Å². The van der Waals surface area contributed by atoms with Gasteiger partial charge in [-0.1, -0.05) is 24.6 Å². The number of alkyl halides is 4. The second kappa shape index (κ2) is 13.9. The van der Waals surface area contributed by atoms with Crippen LogP contribution in [0, 0.1) is 24.5 Å². The van der Waals surface area contributed by atoms with Gasteiger partial charge in [-0.3, -0.25) is 23.9 Å². The maximum absolute atomic E-state index is 15.5. The van der Waals surface area contributed by atoms with Gasteiger partial charge in [-0.2, -0.15) is 19.0 Å². The number of hydrogen-bond acceptors (Lipinski definition) is 7. The van der Waals surface area contributed by atoms with Crippen LogP contribution < -0.4 is 15.8 Å². The fraction of sp³-hybridized carbons (Fsp3) is 0.353. The Morgan fingerprint density at radius 1 is 1.09 bits per heavy atom. The highest BCUT2D eigenvalue weighted by Gasteiger charge is 2.52. The Bertz CT molecular complexity index is 2360. The zero-order valence-corrected chi connectivity index (χ0v) is 30.2. The molecular formula is C34H33ClF6N8O3S. The molecule has 2 unspecified atom stereocenters. The highest BCUT2D eigenvalue weighted by Crippen LogP contribution is 2.50. The summed E-state index contributed by atoms with van der Waals surface area (Å²) in [6.07, 6.45) is -2.87. The van der Waals surface area contributed by atoms with Gasteiger partial charge in [0.1, 0.15) is 29.6 Å². The first-order valence-electron chi connectivity index (χ1n) is 16.2. The Labute approximate surface area is 304 Å². The molecule has 5 aromatic rings. The molecule has 19 heteroatoms. The minimum absolute atomic E-state index is 0.00575. The van der Waals surface area contributed by atoms with Crippen LogP contribution in [0.3, 0.4) is 0 Å². The Morgan fingerprint density at radius 2 is 1.77 bits per heavy atom. The number of benzene rings is 2. The number of sulfonamides is 1. The highest BCUT2D eigenvalue weighted by molar-refractivity contribution is 7.92. The second-order valence-corrected chi connectivity index (χ2v) is 15.1. The van der Waals surface area contributed by atoms with E-state index in [-0.39, 0.29) is 63.6 Å². The average Bonchev–Trinajstić information content (AvgIpc) is 3.65. The molecule has 0 fully saturated rings. The Morgan fingerprint density at radius 3 is 2.40 bits per heavy atom. The van der Waals surface area contributed by atoms with Crippen molar-refractivity contribution in [3.05, 3.63) is 87.0 Å². The van der Waals surface area contributed by atoms with Crippen molar-refractivity contribution < 1.29 is 39.6 Å². The van der Waals surface area contributed by atoms with E-state index in [4.69, 9.17) is 17.3 Å². The largest absolute Gasteiger partial charge is 0.397 e. The first-order chi connectivity index (χ1) is 24.8. The number of nitrogens with zero attached hydrogens (tertiary/aromatic N) is 5. The smallest absolute Gasteiger partial charge is 0.292 e. The number of fused-ring (bicyclic) bond motifs is 2. The monoisotopic (exact) mass is 782 g/mol. The van der Waals surface area contributed by atoms with Gasteiger partial charge in [-0.15, -0.1) is 0 Å². The summed E-state index contributed by atoms with van der Waals surface area (Å²) in [6.45, 7) is 2.19. The van der Waals surface area contributed by atoms with Crippen molar-refractivity contribution in [3.63, 3.8) is 0 Å². The molecule has 0 saturated carbocycles. The number of hydrogen-bond donors (Lipinski definition) is 3. The van der Waals surface area contributed by atoms with Crippen LogP contribution in [0.25, 0.3) is 22.0 Å². The molecule has 0 spiro atoms. The summed E-state index contributed by atoms with van der Waals surface area (Å²) in [7, 11) is -2.27.